The first-order valence-corrected chi connectivity index (χ1v) is 9.85. The summed E-state index contributed by atoms with van der Waals surface area (Å²) in [7, 11) is 3.48. The topological polar surface area (TPSA) is 94.5 Å². The first-order valence-electron chi connectivity index (χ1n) is 9.85. The molecule has 2 aromatic carbocycles. The van der Waals surface area contributed by atoms with Gasteiger partial charge >= 0.3 is 0 Å². The SMILES string of the molecule is COc1ccc(C(=O)Nc2ccc3c(c2)nc(CNC(=O)[C@H]2CCCO2)n3C)cc1. The summed E-state index contributed by atoms with van der Waals surface area (Å²) in [6.45, 7) is 0.951. The molecule has 0 radical (unpaired) electrons. The van der Waals surface area contributed by atoms with Crippen LogP contribution in [0.5, 0.6) is 5.75 Å². The lowest BCUT2D eigenvalue weighted by molar-refractivity contribution is -0.130. The summed E-state index contributed by atoms with van der Waals surface area (Å²) in [6.07, 6.45) is 1.31. The molecule has 1 atom stereocenters. The molecule has 0 saturated carbocycles. The third kappa shape index (κ3) is 4.13. The highest BCUT2D eigenvalue weighted by molar-refractivity contribution is 6.05. The van der Waals surface area contributed by atoms with E-state index in [0.717, 1.165) is 29.7 Å². The number of imidazole rings is 1. The highest BCUT2D eigenvalue weighted by Gasteiger charge is 2.23. The first-order chi connectivity index (χ1) is 14.5. The number of aromatic nitrogens is 2. The second-order valence-electron chi connectivity index (χ2n) is 7.19. The van der Waals surface area contributed by atoms with Crippen LogP contribution in [0.15, 0.2) is 42.5 Å². The Balaban J connectivity index is 1.45. The zero-order chi connectivity index (χ0) is 21.1. The maximum Gasteiger partial charge on any atom is 0.255 e. The van der Waals surface area contributed by atoms with E-state index in [1.54, 1.807) is 31.4 Å². The van der Waals surface area contributed by atoms with Crippen molar-refractivity contribution >= 4 is 28.5 Å². The fraction of sp³-hybridized carbons (Fsp3) is 0.318. The summed E-state index contributed by atoms with van der Waals surface area (Å²) in [4.78, 5) is 29.3. The lowest BCUT2D eigenvalue weighted by atomic mass is 10.2. The molecule has 1 fully saturated rings. The third-order valence-corrected chi connectivity index (χ3v) is 5.23. The van der Waals surface area contributed by atoms with Gasteiger partial charge in [-0.15, -0.1) is 0 Å². The van der Waals surface area contributed by atoms with Crippen LogP contribution in [0.25, 0.3) is 11.0 Å². The number of fused-ring (bicyclic) bond motifs is 1. The van der Waals surface area contributed by atoms with E-state index in [1.165, 1.54) is 0 Å². The van der Waals surface area contributed by atoms with Crippen LogP contribution >= 0.6 is 0 Å². The molecule has 1 aliphatic rings. The molecule has 1 aromatic heterocycles. The largest absolute Gasteiger partial charge is 0.497 e. The number of anilines is 1. The predicted octanol–water partition coefficient (Wildman–Crippen LogP) is 2.63. The van der Waals surface area contributed by atoms with Crippen molar-refractivity contribution in [3.05, 3.63) is 53.9 Å². The fourth-order valence-corrected chi connectivity index (χ4v) is 3.50. The van der Waals surface area contributed by atoms with Crippen LogP contribution < -0.4 is 15.4 Å². The van der Waals surface area contributed by atoms with Gasteiger partial charge < -0.3 is 24.7 Å². The minimum Gasteiger partial charge on any atom is -0.497 e. The lowest BCUT2D eigenvalue weighted by Crippen LogP contribution is -2.34. The van der Waals surface area contributed by atoms with Crippen molar-refractivity contribution in [1.29, 1.82) is 0 Å². The first kappa shape index (κ1) is 19.9. The van der Waals surface area contributed by atoms with Gasteiger partial charge in [-0.2, -0.15) is 0 Å². The Labute approximate surface area is 174 Å². The molecular weight excluding hydrogens is 384 g/mol. The average Bonchev–Trinajstić information content (AvgIpc) is 3.41. The van der Waals surface area contributed by atoms with Crippen LogP contribution in [-0.4, -0.2) is 41.2 Å². The number of nitrogens with one attached hydrogen (secondary N) is 2. The number of ether oxygens (including phenoxy) is 2. The van der Waals surface area contributed by atoms with Crippen LogP contribution in [0.2, 0.25) is 0 Å². The van der Waals surface area contributed by atoms with E-state index in [0.29, 0.717) is 30.2 Å². The second-order valence-corrected chi connectivity index (χ2v) is 7.19. The molecule has 156 valence electrons. The Morgan fingerprint density at radius 3 is 2.73 bits per heavy atom. The van der Waals surface area contributed by atoms with Crippen molar-refractivity contribution in [1.82, 2.24) is 14.9 Å². The quantitative estimate of drug-likeness (QED) is 0.654. The maximum atomic E-state index is 12.5. The molecule has 3 aromatic rings. The molecule has 0 aliphatic carbocycles. The van der Waals surface area contributed by atoms with Gasteiger partial charge in [-0.25, -0.2) is 4.98 Å². The predicted molar refractivity (Wildman–Crippen MR) is 112 cm³/mol. The van der Waals surface area contributed by atoms with Crippen molar-refractivity contribution in [3.63, 3.8) is 0 Å². The molecule has 2 heterocycles. The van der Waals surface area contributed by atoms with Gasteiger partial charge in [0.15, 0.2) is 0 Å². The molecular formula is C22H24N4O4. The standard InChI is InChI=1S/C22H24N4O4/c1-26-18-10-7-15(24-21(27)14-5-8-16(29-2)9-6-14)12-17(18)25-20(26)13-23-22(28)19-4-3-11-30-19/h5-10,12,19H,3-4,11,13H2,1-2H3,(H,23,28)(H,24,27)/t19-/m1/s1. The van der Waals surface area contributed by atoms with Crippen molar-refractivity contribution in [2.45, 2.75) is 25.5 Å². The molecule has 1 saturated heterocycles. The van der Waals surface area contributed by atoms with Crippen LogP contribution in [0.1, 0.15) is 29.0 Å². The summed E-state index contributed by atoms with van der Waals surface area (Å²) < 4.78 is 12.5. The van der Waals surface area contributed by atoms with Gasteiger partial charge in [0, 0.05) is 24.9 Å². The van der Waals surface area contributed by atoms with E-state index in [1.807, 2.05) is 29.8 Å². The number of aryl methyl sites for hydroxylation is 1. The highest BCUT2D eigenvalue weighted by Crippen LogP contribution is 2.21. The molecule has 8 heteroatoms. The zero-order valence-electron chi connectivity index (χ0n) is 17.0. The molecule has 1 aliphatic heterocycles. The van der Waals surface area contributed by atoms with E-state index in [-0.39, 0.29) is 17.9 Å². The molecule has 4 rings (SSSR count). The number of hydrogen-bond donors (Lipinski definition) is 2. The number of rotatable bonds is 6. The van der Waals surface area contributed by atoms with E-state index in [9.17, 15) is 9.59 Å². The van der Waals surface area contributed by atoms with Gasteiger partial charge in [0.1, 0.15) is 17.7 Å². The number of methoxy groups -OCH3 is 1. The third-order valence-electron chi connectivity index (χ3n) is 5.23. The molecule has 30 heavy (non-hydrogen) atoms. The van der Waals surface area contributed by atoms with E-state index >= 15 is 0 Å². The normalized spacial score (nSPS) is 15.9. The summed E-state index contributed by atoms with van der Waals surface area (Å²) in [5, 5.41) is 5.78. The van der Waals surface area contributed by atoms with Gasteiger partial charge in [-0.1, -0.05) is 0 Å². The van der Waals surface area contributed by atoms with Crippen molar-refractivity contribution in [2.24, 2.45) is 7.05 Å². The van der Waals surface area contributed by atoms with Crippen LogP contribution in [0, 0.1) is 0 Å². The number of hydrogen-bond acceptors (Lipinski definition) is 5. The maximum absolute atomic E-state index is 12.5. The lowest BCUT2D eigenvalue weighted by Gasteiger charge is -2.10. The fourth-order valence-electron chi connectivity index (χ4n) is 3.50. The molecule has 0 unspecified atom stereocenters. The van der Waals surface area contributed by atoms with E-state index < -0.39 is 0 Å². The Morgan fingerprint density at radius 2 is 2.03 bits per heavy atom. The molecule has 2 amide bonds. The Morgan fingerprint density at radius 1 is 1.23 bits per heavy atom. The van der Waals surface area contributed by atoms with Gasteiger partial charge in [-0.05, 0) is 55.3 Å². The van der Waals surface area contributed by atoms with Crippen molar-refractivity contribution in [3.8, 4) is 5.75 Å². The summed E-state index contributed by atoms with van der Waals surface area (Å²) in [6, 6.07) is 12.5. The van der Waals surface area contributed by atoms with Crippen LogP contribution in [-0.2, 0) is 23.1 Å². The summed E-state index contributed by atoms with van der Waals surface area (Å²) >= 11 is 0. The van der Waals surface area contributed by atoms with Gasteiger partial charge in [0.2, 0.25) is 5.91 Å². The summed E-state index contributed by atoms with van der Waals surface area (Å²) in [5.74, 6) is 1.11. The Bertz CT molecular complexity index is 1070. The van der Waals surface area contributed by atoms with Crippen LogP contribution in [0.4, 0.5) is 5.69 Å². The average molecular weight is 408 g/mol. The van der Waals surface area contributed by atoms with Crippen molar-refractivity contribution in [2.75, 3.05) is 19.0 Å². The van der Waals surface area contributed by atoms with Crippen LogP contribution in [0.3, 0.4) is 0 Å². The summed E-state index contributed by atoms with van der Waals surface area (Å²) in [5.41, 5.74) is 2.84. The van der Waals surface area contributed by atoms with Gasteiger partial charge in [0.05, 0.1) is 24.7 Å². The van der Waals surface area contributed by atoms with E-state index in [2.05, 4.69) is 15.6 Å². The number of nitrogens with zero attached hydrogens (tertiary/aromatic N) is 2. The zero-order valence-corrected chi connectivity index (χ0v) is 17.0. The Kier molecular flexibility index (Phi) is 5.67. The number of benzene rings is 2. The van der Waals surface area contributed by atoms with Gasteiger partial charge in [0.25, 0.3) is 5.91 Å². The minimum absolute atomic E-state index is 0.105. The number of amides is 2. The monoisotopic (exact) mass is 408 g/mol. The Hall–Kier alpha value is -3.39. The highest BCUT2D eigenvalue weighted by atomic mass is 16.5. The minimum atomic E-state index is -0.362. The van der Waals surface area contributed by atoms with Crippen molar-refractivity contribution < 1.29 is 19.1 Å². The second kappa shape index (κ2) is 8.54. The molecule has 2 N–H and O–H groups in total. The smallest absolute Gasteiger partial charge is 0.255 e. The molecule has 0 spiro atoms. The van der Waals surface area contributed by atoms with E-state index in [4.69, 9.17) is 9.47 Å². The van der Waals surface area contributed by atoms with Gasteiger partial charge in [-0.3, -0.25) is 9.59 Å². The molecule has 8 nitrogen and oxygen atoms in total. The molecule has 0 bridgehead atoms. The number of carbonyl (C=O) groups excluding carboxylic acids is 2. The number of carbonyl (C=O) groups is 2.